The molecular weight excluding hydrogens is 234 g/mol. The molecule has 1 aliphatic rings. The lowest BCUT2D eigenvalue weighted by Gasteiger charge is -2.26. The topological polar surface area (TPSA) is 68.0 Å². The number of hydrogen-bond donors (Lipinski definition) is 2. The van der Waals surface area contributed by atoms with E-state index in [0.29, 0.717) is 0 Å². The number of nitrogens with two attached hydrogens (primary N) is 1. The molecule has 1 heterocycles. The average molecular weight is 253 g/mol. The highest BCUT2D eigenvalue weighted by Gasteiger charge is 2.34. The fraction of sp³-hybridized carbons (Fsp3) is 0.667. The molecule has 0 bridgehead atoms. The van der Waals surface area contributed by atoms with Crippen molar-refractivity contribution < 1.29 is 4.79 Å². The van der Waals surface area contributed by atoms with Crippen molar-refractivity contribution in [3.63, 3.8) is 0 Å². The maximum Gasteiger partial charge on any atom is 0.225 e. The van der Waals surface area contributed by atoms with Crippen molar-refractivity contribution in [3.8, 4) is 0 Å². The number of rotatable bonds is 3. The summed E-state index contributed by atoms with van der Waals surface area (Å²) in [5, 5.41) is 5.91. The zero-order valence-corrected chi connectivity index (χ0v) is 11.1. The maximum atomic E-state index is 12.2. The lowest BCUT2D eigenvalue weighted by Crippen LogP contribution is -2.47. The van der Waals surface area contributed by atoms with Crippen LogP contribution in [-0.4, -0.2) is 16.9 Å². The molecule has 0 radical (unpaired) electrons. The van der Waals surface area contributed by atoms with Crippen LogP contribution < -0.4 is 11.1 Å². The number of thiazole rings is 1. The molecule has 0 spiro atoms. The van der Waals surface area contributed by atoms with E-state index in [9.17, 15) is 4.79 Å². The lowest BCUT2D eigenvalue weighted by molar-refractivity contribution is -0.126. The van der Waals surface area contributed by atoms with Crippen molar-refractivity contribution in [1.82, 2.24) is 10.3 Å². The molecule has 2 rings (SSSR count). The minimum Gasteiger partial charge on any atom is -0.344 e. The van der Waals surface area contributed by atoms with Gasteiger partial charge in [-0.15, -0.1) is 11.3 Å². The molecule has 0 aromatic carbocycles. The van der Waals surface area contributed by atoms with Crippen LogP contribution in [0.5, 0.6) is 0 Å². The van der Waals surface area contributed by atoms with Crippen LogP contribution in [0.4, 0.5) is 0 Å². The first-order valence-electron chi connectivity index (χ1n) is 5.98. The van der Waals surface area contributed by atoms with Crippen molar-refractivity contribution in [2.75, 3.05) is 0 Å². The first-order chi connectivity index (χ1) is 8.00. The van der Waals surface area contributed by atoms with E-state index in [0.717, 1.165) is 24.3 Å². The SMILES string of the molecule is CC(C)(NC(=O)C1CCCC1N)c1nccs1. The van der Waals surface area contributed by atoms with E-state index in [1.54, 1.807) is 17.5 Å². The number of nitrogens with zero attached hydrogens (tertiary/aromatic N) is 1. The van der Waals surface area contributed by atoms with Gasteiger partial charge in [-0.3, -0.25) is 4.79 Å². The zero-order valence-electron chi connectivity index (χ0n) is 10.3. The van der Waals surface area contributed by atoms with E-state index in [-0.39, 0.29) is 17.9 Å². The van der Waals surface area contributed by atoms with E-state index in [1.807, 2.05) is 19.2 Å². The summed E-state index contributed by atoms with van der Waals surface area (Å²) < 4.78 is 0. The van der Waals surface area contributed by atoms with Crippen molar-refractivity contribution in [1.29, 1.82) is 0 Å². The highest BCUT2D eigenvalue weighted by atomic mass is 32.1. The number of amides is 1. The van der Waals surface area contributed by atoms with Crippen LogP contribution in [0.15, 0.2) is 11.6 Å². The summed E-state index contributed by atoms with van der Waals surface area (Å²) in [5.74, 6) is 0.0319. The first kappa shape index (κ1) is 12.5. The quantitative estimate of drug-likeness (QED) is 0.860. The van der Waals surface area contributed by atoms with Gasteiger partial charge in [0, 0.05) is 17.6 Å². The summed E-state index contributed by atoms with van der Waals surface area (Å²) in [6, 6.07) is 0.0158. The van der Waals surface area contributed by atoms with E-state index in [2.05, 4.69) is 10.3 Å². The Bertz CT molecular complexity index is 388. The van der Waals surface area contributed by atoms with Gasteiger partial charge in [-0.2, -0.15) is 0 Å². The summed E-state index contributed by atoms with van der Waals surface area (Å²) in [5.41, 5.74) is 5.53. The van der Waals surface area contributed by atoms with Gasteiger partial charge in [0.15, 0.2) is 0 Å². The van der Waals surface area contributed by atoms with Crippen LogP contribution in [0.25, 0.3) is 0 Å². The van der Waals surface area contributed by atoms with E-state index < -0.39 is 5.54 Å². The Hall–Kier alpha value is -0.940. The predicted octanol–water partition coefficient (Wildman–Crippen LogP) is 1.62. The Morgan fingerprint density at radius 2 is 2.35 bits per heavy atom. The molecule has 94 valence electrons. The fourth-order valence-corrected chi connectivity index (χ4v) is 3.02. The molecule has 0 saturated heterocycles. The van der Waals surface area contributed by atoms with Gasteiger partial charge in [-0.05, 0) is 26.7 Å². The highest BCUT2D eigenvalue weighted by molar-refractivity contribution is 7.09. The van der Waals surface area contributed by atoms with Gasteiger partial charge < -0.3 is 11.1 Å². The minimum absolute atomic E-state index is 0.0158. The van der Waals surface area contributed by atoms with Crippen LogP contribution in [0.1, 0.15) is 38.1 Å². The molecule has 3 N–H and O–H groups in total. The predicted molar refractivity (Wildman–Crippen MR) is 68.6 cm³/mol. The van der Waals surface area contributed by atoms with Gasteiger partial charge in [0.05, 0.1) is 11.5 Å². The molecule has 2 atom stereocenters. The van der Waals surface area contributed by atoms with E-state index >= 15 is 0 Å². The van der Waals surface area contributed by atoms with Crippen LogP contribution in [0.3, 0.4) is 0 Å². The Morgan fingerprint density at radius 3 is 2.88 bits per heavy atom. The first-order valence-corrected chi connectivity index (χ1v) is 6.86. The third-order valence-corrected chi connectivity index (χ3v) is 4.41. The molecule has 1 aromatic rings. The third-order valence-electron chi connectivity index (χ3n) is 3.31. The Kier molecular flexibility index (Phi) is 3.49. The summed E-state index contributed by atoms with van der Waals surface area (Å²) in [7, 11) is 0. The molecule has 0 aliphatic heterocycles. The van der Waals surface area contributed by atoms with Gasteiger partial charge in [0.1, 0.15) is 5.01 Å². The zero-order chi connectivity index (χ0) is 12.5. The summed E-state index contributed by atoms with van der Waals surface area (Å²) in [4.78, 5) is 16.4. The van der Waals surface area contributed by atoms with Gasteiger partial charge in [0.2, 0.25) is 5.91 Å². The van der Waals surface area contributed by atoms with Crippen molar-refractivity contribution in [3.05, 3.63) is 16.6 Å². The van der Waals surface area contributed by atoms with Gasteiger partial charge in [0.25, 0.3) is 0 Å². The molecule has 5 heteroatoms. The van der Waals surface area contributed by atoms with Crippen LogP contribution in [0, 0.1) is 5.92 Å². The number of nitrogens with one attached hydrogen (secondary N) is 1. The monoisotopic (exact) mass is 253 g/mol. The molecular formula is C12H19N3OS. The van der Waals surface area contributed by atoms with Crippen molar-refractivity contribution in [2.24, 2.45) is 11.7 Å². The molecule has 1 aliphatic carbocycles. The molecule has 1 fully saturated rings. The molecule has 17 heavy (non-hydrogen) atoms. The molecule has 1 saturated carbocycles. The average Bonchev–Trinajstić information content (AvgIpc) is 2.85. The van der Waals surface area contributed by atoms with Crippen LogP contribution >= 0.6 is 11.3 Å². The Balaban J connectivity index is 2.03. The largest absolute Gasteiger partial charge is 0.344 e. The summed E-state index contributed by atoms with van der Waals surface area (Å²) in [6.07, 6.45) is 4.67. The second kappa shape index (κ2) is 4.74. The van der Waals surface area contributed by atoms with Crippen molar-refractivity contribution in [2.45, 2.75) is 44.7 Å². The molecule has 1 aromatic heterocycles. The minimum atomic E-state index is -0.409. The smallest absolute Gasteiger partial charge is 0.225 e. The fourth-order valence-electron chi connectivity index (χ4n) is 2.30. The summed E-state index contributed by atoms with van der Waals surface area (Å²) in [6.45, 7) is 3.95. The number of hydrogen-bond acceptors (Lipinski definition) is 4. The number of carbonyl (C=O) groups excluding carboxylic acids is 1. The van der Waals surface area contributed by atoms with Crippen LogP contribution in [0.2, 0.25) is 0 Å². The van der Waals surface area contributed by atoms with Gasteiger partial charge in [-0.25, -0.2) is 4.98 Å². The van der Waals surface area contributed by atoms with E-state index in [4.69, 9.17) is 5.73 Å². The number of aromatic nitrogens is 1. The summed E-state index contributed by atoms with van der Waals surface area (Å²) >= 11 is 1.56. The van der Waals surface area contributed by atoms with Gasteiger partial charge >= 0.3 is 0 Å². The van der Waals surface area contributed by atoms with Crippen LogP contribution in [-0.2, 0) is 10.3 Å². The molecule has 1 amide bonds. The second-order valence-electron chi connectivity index (χ2n) is 5.15. The van der Waals surface area contributed by atoms with Crippen molar-refractivity contribution >= 4 is 17.2 Å². The highest BCUT2D eigenvalue weighted by Crippen LogP contribution is 2.27. The Morgan fingerprint density at radius 1 is 1.59 bits per heavy atom. The second-order valence-corrected chi connectivity index (χ2v) is 6.05. The third kappa shape index (κ3) is 2.66. The van der Waals surface area contributed by atoms with E-state index in [1.165, 1.54) is 0 Å². The maximum absolute atomic E-state index is 12.2. The molecule has 2 unspecified atom stereocenters. The normalized spacial score (nSPS) is 24.9. The Labute approximate surface area is 106 Å². The number of carbonyl (C=O) groups is 1. The lowest BCUT2D eigenvalue weighted by atomic mass is 10.00. The standard InChI is InChI=1S/C12H19N3OS/c1-12(2,11-14-6-7-17-11)15-10(16)8-4-3-5-9(8)13/h6-9H,3-5,13H2,1-2H3,(H,15,16). The van der Waals surface area contributed by atoms with Gasteiger partial charge in [-0.1, -0.05) is 6.42 Å². The molecule has 4 nitrogen and oxygen atoms in total.